The van der Waals surface area contributed by atoms with Gasteiger partial charge >= 0.3 is 0 Å². The summed E-state index contributed by atoms with van der Waals surface area (Å²) in [5, 5.41) is 0.873. The topological polar surface area (TPSA) is 61.0 Å². The zero-order valence-electron chi connectivity index (χ0n) is 16.3. The predicted octanol–water partition coefficient (Wildman–Crippen LogP) is 4.89. The molecule has 0 unspecified atom stereocenters. The van der Waals surface area contributed by atoms with Crippen molar-refractivity contribution in [3.8, 4) is 17.0 Å². The molecule has 5 heteroatoms. The minimum absolute atomic E-state index is 0.207. The molecule has 3 aromatic rings. The largest absolute Gasteiger partial charge is 0.491 e. The van der Waals surface area contributed by atoms with Crippen molar-refractivity contribution in [2.24, 2.45) is 11.7 Å². The molecular weight excluding hydrogens is 341 g/mol. The van der Waals surface area contributed by atoms with Crippen LogP contribution in [0.4, 0.5) is 4.39 Å². The number of aromatic nitrogens is 2. The monoisotopic (exact) mass is 367 g/mol. The molecule has 0 spiro atoms. The maximum Gasteiger partial charge on any atom is 0.140 e. The van der Waals surface area contributed by atoms with Gasteiger partial charge in [0.15, 0.2) is 0 Å². The standard InChI is InChI=1S/C22H26FN3O/c1-14(12-22(3,4)24)13-27-21-8-7-19(26-15(21)2)18-9-10-25-20-11-16(23)5-6-17(18)20/h5-11,14H,12-13,24H2,1-4H3/t14-/m0/s1. The Morgan fingerprint density at radius 2 is 1.96 bits per heavy atom. The van der Waals surface area contributed by atoms with Crippen LogP contribution in [0.25, 0.3) is 22.2 Å². The minimum atomic E-state index is -0.296. The number of fused-ring (bicyclic) bond motifs is 1. The maximum absolute atomic E-state index is 13.5. The Kier molecular flexibility index (Phi) is 5.42. The van der Waals surface area contributed by atoms with Gasteiger partial charge in [-0.25, -0.2) is 9.37 Å². The van der Waals surface area contributed by atoms with Crippen LogP contribution >= 0.6 is 0 Å². The Labute approximate surface area is 159 Å². The van der Waals surface area contributed by atoms with E-state index in [1.165, 1.54) is 12.1 Å². The summed E-state index contributed by atoms with van der Waals surface area (Å²) in [5.41, 5.74) is 9.04. The SMILES string of the molecule is Cc1nc(-c2ccnc3cc(F)ccc23)ccc1OC[C@@H](C)CC(C)(C)N. The first kappa shape index (κ1) is 19.2. The predicted molar refractivity (Wildman–Crippen MR) is 107 cm³/mol. The number of ether oxygens (including phenoxy) is 1. The van der Waals surface area contributed by atoms with E-state index in [2.05, 4.69) is 11.9 Å². The number of hydrogen-bond donors (Lipinski definition) is 1. The molecule has 1 atom stereocenters. The highest BCUT2D eigenvalue weighted by Crippen LogP contribution is 2.29. The van der Waals surface area contributed by atoms with Crippen LogP contribution in [0.2, 0.25) is 0 Å². The summed E-state index contributed by atoms with van der Waals surface area (Å²) in [7, 11) is 0. The van der Waals surface area contributed by atoms with Gasteiger partial charge in [0.2, 0.25) is 0 Å². The molecule has 2 N–H and O–H groups in total. The summed E-state index contributed by atoms with van der Waals surface area (Å²) >= 11 is 0. The van der Waals surface area contributed by atoms with E-state index in [-0.39, 0.29) is 11.4 Å². The number of hydrogen-bond acceptors (Lipinski definition) is 4. The number of nitrogens with two attached hydrogens (primary N) is 1. The van der Waals surface area contributed by atoms with Gasteiger partial charge in [0.05, 0.1) is 23.5 Å². The molecule has 27 heavy (non-hydrogen) atoms. The highest BCUT2D eigenvalue weighted by Gasteiger charge is 2.17. The van der Waals surface area contributed by atoms with Crippen LogP contribution in [0.5, 0.6) is 5.75 Å². The van der Waals surface area contributed by atoms with Crippen LogP contribution in [0.1, 0.15) is 32.9 Å². The third kappa shape index (κ3) is 4.80. The van der Waals surface area contributed by atoms with E-state index in [0.717, 1.165) is 34.5 Å². The number of nitrogens with zero attached hydrogens (tertiary/aromatic N) is 2. The molecular formula is C22H26FN3O. The van der Waals surface area contributed by atoms with Crippen LogP contribution in [-0.4, -0.2) is 22.1 Å². The molecule has 0 radical (unpaired) electrons. The van der Waals surface area contributed by atoms with Gasteiger partial charge in [-0.3, -0.25) is 4.98 Å². The van der Waals surface area contributed by atoms with E-state index in [0.29, 0.717) is 18.0 Å². The Balaban J connectivity index is 1.81. The average molecular weight is 367 g/mol. The van der Waals surface area contributed by atoms with Crippen molar-refractivity contribution in [2.75, 3.05) is 6.61 Å². The number of benzene rings is 1. The third-order valence-electron chi connectivity index (χ3n) is 4.42. The number of aryl methyl sites for hydroxylation is 1. The summed E-state index contributed by atoms with van der Waals surface area (Å²) in [4.78, 5) is 8.94. The van der Waals surface area contributed by atoms with Gasteiger partial charge in [-0.15, -0.1) is 0 Å². The highest BCUT2D eigenvalue weighted by atomic mass is 19.1. The third-order valence-corrected chi connectivity index (χ3v) is 4.42. The second-order valence-electron chi connectivity index (χ2n) is 7.91. The zero-order chi connectivity index (χ0) is 19.6. The summed E-state index contributed by atoms with van der Waals surface area (Å²) in [6.45, 7) is 8.71. The first-order valence-corrected chi connectivity index (χ1v) is 9.17. The molecule has 0 bridgehead atoms. The number of rotatable bonds is 6. The zero-order valence-corrected chi connectivity index (χ0v) is 16.3. The van der Waals surface area contributed by atoms with Crippen molar-refractivity contribution < 1.29 is 9.13 Å². The van der Waals surface area contributed by atoms with Gasteiger partial charge in [-0.05, 0) is 63.4 Å². The van der Waals surface area contributed by atoms with Crippen molar-refractivity contribution in [1.29, 1.82) is 0 Å². The molecule has 0 aliphatic heterocycles. The highest BCUT2D eigenvalue weighted by molar-refractivity contribution is 5.93. The lowest BCUT2D eigenvalue weighted by atomic mass is 9.93. The van der Waals surface area contributed by atoms with Crippen molar-refractivity contribution in [3.05, 3.63) is 54.1 Å². The fraction of sp³-hybridized carbons (Fsp3) is 0.364. The normalized spacial score (nSPS) is 13.0. The van der Waals surface area contributed by atoms with Gasteiger partial charge in [0.25, 0.3) is 0 Å². The van der Waals surface area contributed by atoms with Crippen LogP contribution < -0.4 is 10.5 Å². The molecule has 0 amide bonds. The Bertz CT molecular complexity index is 950. The summed E-state index contributed by atoms with van der Waals surface area (Å²) in [5.74, 6) is 0.822. The summed E-state index contributed by atoms with van der Waals surface area (Å²) in [6.07, 6.45) is 2.56. The van der Waals surface area contributed by atoms with Gasteiger partial charge < -0.3 is 10.5 Å². The minimum Gasteiger partial charge on any atom is -0.491 e. The van der Waals surface area contributed by atoms with E-state index in [9.17, 15) is 4.39 Å². The molecule has 3 rings (SSSR count). The quantitative estimate of drug-likeness (QED) is 0.674. The van der Waals surface area contributed by atoms with Gasteiger partial charge in [0.1, 0.15) is 11.6 Å². The summed E-state index contributed by atoms with van der Waals surface area (Å²) < 4.78 is 19.4. The first-order chi connectivity index (χ1) is 12.7. The van der Waals surface area contributed by atoms with E-state index < -0.39 is 0 Å². The van der Waals surface area contributed by atoms with E-state index >= 15 is 0 Å². The van der Waals surface area contributed by atoms with Crippen molar-refractivity contribution in [1.82, 2.24) is 9.97 Å². The number of pyridine rings is 2. The van der Waals surface area contributed by atoms with Crippen LogP contribution in [0, 0.1) is 18.7 Å². The molecule has 142 valence electrons. The smallest absolute Gasteiger partial charge is 0.140 e. The lowest BCUT2D eigenvalue weighted by Crippen LogP contribution is -2.35. The van der Waals surface area contributed by atoms with Crippen molar-refractivity contribution in [2.45, 2.75) is 39.7 Å². The Hall–Kier alpha value is -2.53. The van der Waals surface area contributed by atoms with Gasteiger partial charge in [-0.1, -0.05) is 6.92 Å². The molecule has 0 saturated carbocycles. The lowest BCUT2D eigenvalue weighted by Gasteiger charge is -2.23. The fourth-order valence-electron chi connectivity index (χ4n) is 3.38. The lowest BCUT2D eigenvalue weighted by molar-refractivity contribution is 0.227. The van der Waals surface area contributed by atoms with Crippen molar-refractivity contribution in [3.63, 3.8) is 0 Å². The van der Waals surface area contributed by atoms with E-state index in [1.807, 2.05) is 39.0 Å². The van der Waals surface area contributed by atoms with Crippen LogP contribution in [0.3, 0.4) is 0 Å². The van der Waals surface area contributed by atoms with E-state index in [1.54, 1.807) is 12.3 Å². The van der Waals surface area contributed by atoms with Crippen LogP contribution in [0.15, 0.2) is 42.6 Å². The molecule has 0 aliphatic carbocycles. The molecule has 1 aromatic carbocycles. The maximum atomic E-state index is 13.5. The molecule has 4 nitrogen and oxygen atoms in total. The Morgan fingerprint density at radius 3 is 2.67 bits per heavy atom. The van der Waals surface area contributed by atoms with Gasteiger partial charge in [-0.2, -0.15) is 0 Å². The van der Waals surface area contributed by atoms with Crippen LogP contribution in [-0.2, 0) is 0 Å². The summed E-state index contributed by atoms with van der Waals surface area (Å²) in [6, 6.07) is 10.4. The molecule has 0 fully saturated rings. The molecule has 2 heterocycles. The Morgan fingerprint density at radius 1 is 1.19 bits per heavy atom. The molecule has 0 saturated heterocycles. The molecule has 0 aliphatic rings. The first-order valence-electron chi connectivity index (χ1n) is 9.17. The number of halogens is 1. The second-order valence-corrected chi connectivity index (χ2v) is 7.91. The van der Waals surface area contributed by atoms with E-state index in [4.69, 9.17) is 15.5 Å². The second kappa shape index (κ2) is 7.61. The average Bonchev–Trinajstić information content (AvgIpc) is 2.58. The fourth-order valence-corrected chi connectivity index (χ4v) is 3.38. The molecule has 2 aromatic heterocycles. The van der Waals surface area contributed by atoms with Gasteiger partial charge in [0, 0.05) is 28.8 Å². The van der Waals surface area contributed by atoms with Crippen molar-refractivity contribution >= 4 is 10.9 Å².